The number of hydrogen-bond acceptors (Lipinski definition) is 4. The van der Waals surface area contributed by atoms with Crippen molar-refractivity contribution in [1.82, 2.24) is 10.6 Å². The second-order valence-electron chi connectivity index (χ2n) is 6.39. The van der Waals surface area contributed by atoms with Crippen LogP contribution in [0, 0.1) is 5.41 Å². The summed E-state index contributed by atoms with van der Waals surface area (Å²) in [5, 5.41) is 13.7. The lowest BCUT2D eigenvalue weighted by Crippen LogP contribution is -2.34. The molecule has 5 N–H and O–H groups in total. The number of nitrogens with two attached hydrogens (primary N) is 1. The quantitative estimate of drug-likeness (QED) is 0.451. The Balaban J connectivity index is 0.00000261. The summed E-state index contributed by atoms with van der Waals surface area (Å²) >= 11 is 0. The second-order valence-corrected chi connectivity index (χ2v) is 6.39. The SMILES string of the molecule is Cl.N=C(N)c1cccc(C(=O)NCc2ccc(OC3CCNCC3)cc2)c1. The van der Waals surface area contributed by atoms with Crippen LogP contribution in [0.25, 0.3) is 0 Å². The molecule has 1 heterocycles. The van der Waals surface area contributed by atoms with Crippen LogP contribution in [0.15, 0.2) is 48.5 Å². The van der Waals surface area contributed by atoms with Crippen molar-refractivity contribution in [3.8, 4) is 5.75 Å². The lowest BCUT2D eigenvalue weighted by atomic mass is 10.1. The van der Waals surface area contributed by atoms with Crippen molar-refractivity contribution in [2.45, 2.75) is 25.5 Å². The van der Waals surface area contributed by atoms with E-state index in [1.807, 2.05) is 24.3 Å². The molecule has 7 heteroatoms. The fraction of sp³-hybridized carbons (Fsp3) is 0.300. The van der Waals surface area contributed by atoms with E-state index in [4.69, 9.17) is 15.9 Å². The molecule has 1 aliphatic heterocycles. The molecule has 0 radical (unpaired) electrons. The summed E-state index contributed by atoms with van der Waals surface area (Å²) in [6.45, 7) is 2.43. The van der Waals surface area contributed by atoms with E-state index in [2.05, 4.69) is 10.6 Å². The van der Waals surface area contributed by atoms with Gasteiger partial charge in [-0.3, -0.25) is 10.2 Å². The van der Waals surface area contributed by atoms with Crippen molar-refractivity contribution in [3.63, 3.8) is 0 Å². The summed E-state index contributed by atoms with van der Waals surface area (Å²) in [6, 6.07) is 14.6. The number of halogens is 1. The third-order valence-corrected chi connectivity index (χ3v) is 4.40. The Morgan fingerprint density at radius 1 is 1.15 bits per heavy atom. The standard InChI is InChI=1S/C20H24N4O2.ClH/c21-19(22)15-2-1-3-16(12-15)20(25)24-13-14-4-6-17(7-5-14)26-18-8-10-23-11-9-18;/h1-7,12,18,23H,8-11,13H2,(H3,21,22)(H,24,25);1H. The van der Waals surface area contributed by atoms with Crippen LogP contribution in [0.5, 0.6) is 5.75 Å². The monoisotopic (exact) mass is 388 g/mol. The molecule has 2 aromatic rings. The molecule has 2 aromatic carbocycles. The van der Waals surface area contributed by atoms with Gasteiger partial charge in [0.2, 0.25) is 0 Å². The molecule has 1 fully saturated rings. The smallest absolute Gasteiger partial charge is 0.251 e. The molecule has 0 atom stereocenters. The highest BCUT2D eigenvalue weighted by Crippen LogP contribution is 2.17. The molecule has 0 aliphatic carbocycles. The number of ether oxygens (including phenoxy) is 1. The maximum absolute atomic E-state index is 12.3. The van der Waals surface area contributed by atoms with Gasteiger partial charge in [0.15, 0.2) is 0 Å². The van der Waals surface area contributed by atoms with Crippen LogP contribution in [0.1, 0.15) is 34.3 Å². The van der Waals surface area contributed by atoms with E-state index < -0.39 is 0 Å². The molecule has 1 aliphatic rings. The van der Waals surface area contributed by atoms with Gasteiger partial charge < -0.3 is 21.1 Å². The zero-order valence-corrected chi connectivity index (χ0v) is 15.9. The van der Waals surface area contributed by atoms with Crippen molar-refractivity contribution >= 4 is 24.1 Å². The Morgan fingerprint density at radius 3 is 2.48 bits per heavy atom. The van der Waals surface area contributed by atoms with Gasteiger partial charge >= 0.3 is 0 Å². The first-order chi connectivity index (χ1) is 12.6. The number of nitrogen functional groups attached to an aromatic ring is 1. The maximum atomic E-state index is 12.3. The summed E-state index contributed by atoms with van der Waals surface area (Å²) in [5.41, 5.74) is 7.49. The van der Waals surface area contributed by atoms with Crippen LogP contribution >= 0.6 is 12.4 Å². The third-order valence-electron chi connectivity index (χ3n) is 4.40. The van der Waals surface area contributed by atoms with Gasteiger partial charge in [0.1, 0.15) is 17.7 Å². The number of carbonyl (C=O) groups excluding carboxylic acids is 1. The maximum Gasteiger partial charge on any atom is 0.251 e. The number of piperidine rings is 1. The number of carbonyl (C=O) groups is 1. The van der Waals surface area contributed by atoms with Crippen LogP contribution in [-0.4, -0.2) is 30.9 Å². The van der Waals surface area contributed by atoms with E-state index in [0.29, 0.717) is 17.7 Å². The normalized spacial score (nSPS) is 14.1. The van der Waals surface area contributed by atoms with Gasteiger partial charge in [0.05, 0.1) is 0 Å². The van der Waals surface area contributed by atoms with Crippen LogP contribution < -0.4 is 21.1 Å². The molecule has 0 spiro atoms. The highest BCUT2D eigenvalue weighted by atomic mass is 35.5. The number of hydrogen-bond donors (Lipinski definition) is 4. The van der Waals surface area contributed by atoms with Crippen molar-refractivity contribution in [2.75, 3.05) is 13.1 Å². The first-order valence-corrected chi connectivity index (χ1v) is 8.81. The average molecular weight is 389 g/mol. The van der Waals surface area contributed by atoms with E-state index in [0.717, 1.165) is 37.2 Å². The molecule has 1 saturated heterocycles. The Bertz CT molecular complexity index is 774. The number of benzene rings is 2. The summed E-state index contributed by atoms with van der Waals surface area (Å²) in [6.07, 6.45) is 2.32. The van der Waals surface area contributed by atoms with Crippen molar-refractivity contribution < 1.29 is 9.53 Å². The predicted molar refractivity (Wildman–Crippen MR) is 109 cm³/mol. The van der Waals surface area contributed by atoms with E-state index in [-0.39, 0.29) is 30.3 Å². The Kier molecular flexibility index (Phi) is 7.64. The molecule has 1 amide bonds. The van der Waals surface area contributed by atoms with Gasteiger partial charge in [0.25, 0.3) is 5.91 Å². The molecule has 0 saturated carbocycles. The lowest BCUT2D eigenvalue weighted by molar-refractivity contribution is 0.0951. The molecule has 6 nitrogen and oxygen atoms in total. The zero-order chi connectivity index (χ0) is 18.4. The molecular formula is C20H25ClN4O2. The van der Waals surface area contributed by atoms with Crippen molar-refractivity contribution in [1.29, 1.82) is 5.41 Å². The first-order valence-electron chi connectivity index (χ1n) is 8.81. The van der Waals surface area contributed by atoms with E-state index in [1.54, 1.807) is 24.3 Å². The fourth-order valence-corrected chi connectivity index (χ4v) is 2.90. The highest BCUT2D eigenvalue weighted by molar-refractivity contribution is 5.99. The molecule has 0 unspecified atom stereocenters. The Labute approximate surface area is 165 Å². The fourth-order valence-electron chi connectivity index (χ4n) is 2.90. The predicted octanol–water partition coefficient (Wildman–Crippen LogP) is 2.45. The number of amidine groups is 1. The molecule has 0 aromatic heterocycles. The number of rotatable bonds is 6. The van der Waals surface area contributed by atoms with E-state index >= 15 is 0 Å². The first kappa shape index (κ1) is 20.7. The van der Waals surface area contributed by atoms with E-state index in [9.17, 15) is 4.79 Å². The van der Waals surface area contributed by atoms with Crippen LogP contribution in [0.3, 0.4) is 0 Å². The molecule has 3 rings (SSSR count). The largest absolute Gasteiger partial charge is 0.490 e. The second kappa shape index (κ2) is 9.94. The number of amides is 1. The molecule has 27 heavy (non-hydrogen) atoms. The minimum Gasteiger partial charge on any atom is -0.490 e. The molecular weight excluding hydrogens is 364 g/mol. The molecule has 144 valence electrons. The zero-order valence-electron chi connectivity index (χ0n) is 15.0. The number of nitrogens with one attached hydrogen (secondary N) is 3. The van der Waals surface area contributed by atoms with Gasteiger partial charge in [-0.05, 0) is 55.8 Å². The van der Waals surface area contributed by atoms with Gasteiger partial charge in [0, 0.05) is 17.7 Å². The minimum atomic E-state index is -0.192. The van der Waals surface area contributed by atoms with Gasteiger partial charge in [-0.2, -0.15) is 0 Å². The van der Waals surface area contributed by atoms with Crippen LogP contribution in [0.2, 0.25) is 0 Å². The Hall–Kier alpha value is -2.57. The average Bonchev–Trinajstić information content (AvgIpc) is 2.68. The minimum absolute atomic E-state index is 0. The van der Waals surface area contributed by atoms with Crippen molar-refractivity contribution in [3.05, 3.63) is 65.2 Å². The lowest BCUT2D eigenvalue weighted by Gasteiger charge is -2.23. The van der Waals surface area contributed by atoms with Gasteiger partial charge in [-0.1, -0.05) is 24.3 Å². The third kappa shape index (κ3) is 5.98. The summed E-state index contributed by atoms with van der Waals surface area (Å²) < 4.78 is 5.98. The van der Waals surface area contributed by atoms with Gasteiger partial charge in [-0.25, -0.2) is 0 Å². The molecule has 0 bridgehead atoms. The van der Waals surface area contributed by atoms with Crippen molar-refractivity contribution in [2.24, 2.45) is 5.73 Å². The van der Waals surface area contributed by atoms with E-state index in [1.165, 1.54) is 0 Å². The summed E-state index contributed by atoms with van der Waals surface area (Å²) in [4.78, 5) is 12.3. The van der Waals surface area contributed by atoms with Crippen LogP contribution in [0.4, 0.5) is 0 Å². The highest BCUT2D eigenvalue weighted by Gasteiger charge is 2.14. The van der Waals surface area contributed by atoms with Crippen LogP contribution in [-0.2, 0) is 6.54 Å². The summed E-state index contributed by atoms with van der Waals surface area (Å²) in [7, 11) is 0. The van der Waals surface area contributed by atoms with Gasteiger partial charge in [-0.15, -0.1) is 12.4 Å². The topological polar surface area (TPSA) is 100 Å². The Morgan fingerprint density at radius 2 is 1.81 bits per heavy atom. The summed E-state index contributed by atoms with van der Waals surface area (Å²) in [5.74, 6) is 0.619.